The second-order valence-electron chi connectivity index (χ2n) is 9.43. The van der Waals surface area contributed by atoms with Crippen molar-refractivity contribution in [1.29, 1.82) is 0 Å². The van der Waals surface area contributed by atoms with Gasteiger partial charge in [-0.05, 0) is 41.9 Å². The number of rotatable bonds is 11. The molecule has 1 aromatic rings. The van der Waals surface area contributed by atoms with Gasteiger partial charge in [-0.1, -0.05) is 39.5 Å². The van der Waals surface area contributed by atoms with E-state index in [9.17, 15) is 32.7 Å². The van der Waals surface area contributed by atoms with Crippen LogP contribution in [0.4, 0.5) is 13.2 Å². The monoisotopic (exact) mass is 595 g/mol. The van der Waals surface area contributed by atoms with Crippen LogP contribution in [0.2, 0.25) is 0 Å². The summed E-state index contributed by atoms with van der Waals surface area (Å²) in [5.41, 5.74) is 9.41. The van der Waals surface area contributed by atoms with Gasteiger partial charge in [0.05, 0.1) is 0 Å². The highest BCUT2D eigenvalue weighted by Gasteiger charge is 2.35. The highest BCUT2D eigenvalue weighted by Crippen LogP contribution is 2.25. The zero-order valence-corrected chi connectivity index (χ0v) is 24.3. The number of carbonyl (C=O) groups is 3. The zero-order valence-electron chi connectivity index (χ0n) is 23.5. The number of thioether (sulfide) groups is 1. The number of nitrogens with one attached hydrogen (secondary N) is 1. The summed E-state index contributed by atoms with van der Waals surface area (Å²) in [5.74, 6) is -4.80. The van der Waals surface area contributed by atoms with Crippen molar-refractivity contribution in [3.8, 4) is 0 Å². The normalized spacial score (nSPS) is 17.6. The fraction of sp³-hybridized carbons (Fsp3) is 0.448. The Morgan fingerprint density at radius 1 is 1.17 bits per heavy atom. The highest BCUT2D eigenvalue weighted by atomic mass is 32.2. The number of amides is 2. The number of aliphatic carboxylic acids is 1. The molecule has 1 saturated heterocycles. The lowest BCUT2D eigenvalue weighted by molar-refractivity contribution is -0.150. The number of hydrogen-bond acceptors (Lipinski definition) is 6. The summed E-state index contributed by atoms with van der Waals surface area (Å²) in [4.78, 5) is 38.5. The molecule has 0 aromatic heterocycles. The number of carbonyl (C=O) groups excluding carboxylic acids is 2. The molecular weight excluding hydrogens is 559 g/mol. The lowest BCUT2D eigenvalue weighted by Crippen LogP contribution is -2.46. The van der Waals surface area contributed by atoms with Crippen molar-refractivity contribution < 1.29 is 37.4 Å². The Hall–Kier alpha value is -3.47. The van der Waals surface area contributed by atoms with E-state index in [4.69, 9.17) is 10.5 Å². The number of allylic oxidation sites excluding steroid dienone is 2. The first-order valence-corrected chi connectivity index (χ1v) is 14.3. The summed E-state index contributed by atoms with van der Waals surface area (Å²) >= 11 is 1.29. The molecule has 1 aliphatic carbocycles. The van der Waals surface area contributed by atoms with Crippen LogP contribution in [0.5, 0.6) is 0 Å². The SMILES string of the molecule is CC.CC(C)C(OC1=C=CC=C(CNC(=O)C2SCCN2C(=O)CC(N)Cc2cc(F)c(F)cc2F)C=C1)C(=O)O. The number of nitrogens with two attached hydrogens (primary N) is 1. The number of ether oxygens (including phenoxy) is 1. The van der Waals surface area contributed by atoms with E-state index in [0.29, 0.717) is 23.9 Å². The Labute approximate surface area is 242 Å². The molecule has 2 aliphatic rings. The fourth-order valence-electron chi connectivity index (χ4n) is 3.95. The van der Waals surface area contributed by atoms with Gasteiger partial charge >= 0.3 is 5.97 Å². The third-order valence-electron chi connectivity index (χ3n) is 5.99. The molecule has 1 heterocycles. The first-order chi connectivity index (χ1) is 19.5. The topological polar surface area (TPSA) is 122 Å². The minimum Gasteiger partial charge on any atom is -0.478 e. The number of carboxylic acids is 1. The number of carboxylic acid groups (broad SMARTS) is 1. The van der Waals surface area contributed by atoms with E-state index in [-0.39, 0.29) is 42.5 Å². The van der Waals surface area contributed by atoms with Gasteiger partial charge in [-0.25, -0.2) is 18.0 Å². The molecule has 2 amide bonds. The van der Waals surface area contributed by atoms with Crippen LogP contribution < -0.4 is 11.1 Å². The largest absolute Gasteiger partial charge is 0.478 e. The van der Waals surface area contributed by atoms with Crippen LogP contribution in [0.1, 0.15) is 39.7 Å². The van der Waals surface area contributed by atoms with E-state index in [1.807, 2.05) is 13.8 Å². The summed E-state index contributed by atoms with van der Waals surface area (Å²) in [7, 11) is 0. The predicted molar refractivity (Wildman–Crippen MR) is 151 cm³/mol. The van der Waals surface area contributed by atoms with Gasteiger partial charge in [0.1, 0.15) is 5.82 Å². The van der Waals surface area contributed by atoms with Crippen LogP contribution in [0.15, 0.2) is 53.5 Å². The summed E-state index contributed by atoms with van der Waals surface area (Å²) < 4.78 is 46.1. The van der Waals surface area contributed by atoms with Crippen molar-refractivity contribution in [2.45, 2.75) is 58.1 Å². The molecule has 0 saturated carbocycles. The quantitative estimate of drug-likeness (QED) is 0.261. The maximum atomic E-state index is 13.9. The van der Waals surface area contributed by atoms with Gasteiger partial charge in [-0.3, -0.25) is 9.59 Å². The molecule has 3 rings (SSSR count). The molecule has 1 fully saturated rings. The molecular formula is C29H36F3N3O5S. The molecule has 4 N–H and O–H groups in total. The van der Waals surface area contributed by atoms with Gasteiger partial charge in [-0.2, -0.15) is 0 Å². The minimum atomic E-state index is -1.31. The molecule has 0 bridgehead atoms. The average molecular weight is 596 g/mol. The minimum absolute atomic E-state index is 0.135. The second-order valence-corrected chi connectivity index (χ2v) is 10.6. The van der Waals surface area contributed by atoms with Crippen molar-refractivity contribution in [3.05, 3.63) is 76.5 Å². The third-order valence-corrected chi connectivity index (χ3v) is 7.19. The van der Waals surface area contributed by atoms with Gasteiger partial charge in [0, 0.05) is 43.3 Å². The third kappa shape index (κ3) is 9.84. The van der Waals surface area contributed by atoms with Crippen molar-refractivity contribution in [3.63, 3.8) is 0 Å². The lowest BCUT2D eigenvalue weighted by atomic mass is 10.0. The van der Waals surface area contributed by atoms with E-state index in [0.717, 1.165) is 6.07 Å². The second kappa shape index (κ2) is 16.1. The Bertz CT molecular complexity index is 1240. The molecule has 3 atom stereocenters. The zero-order chi connectivity index (χ0) is 30.7. The Kier molecular flexibility index (Phi) is 13.2. The average Bonchev–Trinajstić information content (AvgIpc) is 3.31. The van der Waals surface area contributed by atoms with Gasteiger partial charge in [-0.15, -0.1) is 11.8 Å². The van der Waals surface area contributed by atoms with E-state index >= 15 is 0 Å². The van der Waals surface area contributed by atoms with Crippen LogP contribution in [-0.4, -0.2) is 64.2 Å². The maximum Gasteiger partial charge on any atom is 0.345 e. The molecule has 224 valence electrons. The van der Waals surface area contributed by atoms with Crippen molar-refractivity contribution in [2.24, 2.45) is 11.7 Å². The standard InChI is InChI=1S/C27H30F3N3O5S.C2H6/c1-15(2)24(27(36)37)38-19-5-3-4-16(6-7-19)14-32-25(35)26-33(8-9-39-26)23(34)12-18(31)10-17-11-21(29)22(30)13-20(17)28;1-2/h3-4,6-7,11,13,15,18,24,26H,8-10,12,14,31H2,1-2H3,(H,32,35)(H,36,37);1-2H3. The van der Waals surface area contributed by atoms with E-state index in [1.165, 1.54) is 16.7 Å². The fourth-order valence-corrected chi connectivity index (χ4v) is 5.12. The highest BCUT2D eigenvalue weighted by molar-refractivity contribution is 8.00. The summed E-state index contributed by atoms with van der Waals surface area (Å²) in [5, 5.41) is 11.3. The number of halogens is 3. The van der Waals surface area contributed by atoms with Gasteiger partial charge < -0.3 is 25.8 Å². The van der Waals surface area contributed by atoms with Crippen LogP contribution in [0.3, 0.4) is 0 Å². The van der Waals surface area contributed by atoms with E-state index in [2.05, 4.69) is 11.0 Å². The molecule has 12 heteroatoms. The number of nitrogens with zero attached hydrogens (tertiary/aromatic N) is 1. The van der Waals surface area contributed by atoms with Crippen LogP contribution in [0, 0.1) is 23.4 Å². The van der Waals surface area contributed by atoms with Gasteiger partial charge in [0.2, 0.25) is 5.91 Å². The smallest absolute Gasteiger partial charge is 0.345 e. The molecule has 8 nitrogen and oxygen atoms in total. The molecule has 41 heavy (non-hydrogen) atoms. The van der Waals surface area contributed by atoms with E-state index in [1.54, 1.807) is 38.2 Å². The maximum absolute atomic E-state index is 13.9. The van der Waals surface area contributed by atoms with E-state index < -0.39 is 46.8 Å². The summed E-state index contributed by atoms with van der Waals surface area (Å²) in [6, 6.07) is 0.301. The van der Waals surface area contributed by atoms with Crippen molar-refractivity contribution >= 4 is 29.5 Å². The van der Waals surface area contributed by atoms with Crippen molar-refractivity contribution in [1.82, 2.24) is 10.2 Å². The first kappa shape index (κ1) is 33.7. The van der Waals surface area contributed by atoms with Gasteiger partial charge in [0.25, 0.3) is 5.91 Å². The van der Waals surface area contributed by atoms with Crippen LogP contribution >= 0.6 is 11.8 Å². The first-order valence-electron chi connectivity index (χ1n) is 13.3. The molecule has 0 spiro atoms. The van der Waals surface area contributed by atoms with Crippen LogP contribution in [-0.2, 0) is 25.5 Å². The number of hydrogen-bond donors (Lipinski definition) is 3. The molecule has 0 radical (unpaired) electrons. The Morgan fingerprint density at radius 2 is 1.85 bits per heavy atom. The predicted octanol–water partition coefficient (Wildman–Crippen LogP) is 4.07. The summed E-state index contributed by atoms with van der Waals surface area (Å²) in [6.07, 6.45) is 5.09. The number of benzene rings is 1. The molecule has 1 aliphatic heterocycles. The van der Waals surface area contributed by atoms with Gasteiger partial charge in [0.15, 0.2) is 28.9 Å². The lowest BCUT2D eigenvalue weighted by Gasteiger charge is -2.24. The van der Waals surface area contributed by atoms with Crippen molar-refractivity contribution in [2.75, 3.05) is 18.8 Å². The van der Waals surface area contributed by atoms with Crippen LogP contribution in [0.25, 0.3) is 0 Å². The Balaban J connectivity index is 0.00000287. The molecule has 1 aromatic carbocycles. The summed E-state index contributed by atoms with van der Waals surface area (Å²) in [6.45, 7) is 7.93. The molecule has 3 unspecified atom stereocenters. The Morgan fingerprint density at radius 3 is 2.51 bits per heavy atom.